The molecule has 3 N–H and O–H groups in total. The number of rotatable bonds is 7. The lowest BCUT2D eigenvalue weighted by Gasteiger charge is -2.06. The Morgan fingerprint density at radius 2 is 1.87 bits per heavy atom. The van der Waals surface area contributed by atoms with Gasteiger partial charge in [0.25, 0.3) is 0 Å². The molecule has 0 atom stereocenters. The molecule has 0 aliphatic carbocycles. The molecule has 2 aromatic rings. The van der Waals surface area contributed by atoms with Crippen LogP contribution in [-0.4, -0.2) is 11.8 Å². The Morgan fingerprint density at radius 1 is 1.17 bits per heavy atom. The number of benzene rings is 1. The topological polar surface area (TPSA) is 72.2 Å². The predicted molar refractivity (Wildman–Crippen MR) is 94.7 cm³/mol. The normalized spacial score (nSPS) is 10.5. The van der Waals surface area contributed by atoms with E-state index in [0.717, 1.165) is 24.1 Å². The molecule has 0 unspecified atom stereocenters. The van der Waals surface area contributed by atoms with E-state index in [9.17, 15) is 9.59 Å². The molecule has 0 bridgehead atoms. The molecule has 0 aliphatic rings. The standard InChI is InChI=1S/C18H22N2O2S/c1-12-10-15(13(2)23-12)4-3-5-18(22)20-16-8-6-14(7-9-16)11-17(19)21/h6-10H,3-5,11H2,1-2H3,(H2,19,21)(H,20,22). The number of amides is 2. The number of hydrogen-bond acceptors (Lipinski definition) is 3. The summed E-state index contributed by atoms with van der Waals surface area (Å²) in [6.07, 6.45) is 2.48. The molecule has 0 radical (unpaired) electrons. The van der Waals surface area contributed by atoms with Crippen LogP contribution in [0.25, 0.3) is 0 Å². The third-order valence-corrected chi connectivity index (χ3v) is 4.62. The van der Waals surface area contributed by atoms with Crippen LogP contribution in [0.4, 0.5) is 5.69 Å². The Hall–Kier alpha value is -2.14. The number of aryl methyl sites for hydroxylation is 3. The van der Waals surface area contributed by atoms with Crippen molar-refractivity contribution < 1.29 is 9.59 Å². The number of anilines is 1. The minimum absolute atomic E-state index is 0.0113. The molecule has 1 aromatic heterocycles. The van der Waals surface area contributed by atoms with E-state index in [1.54, 1.807) is 35.6 Å². The van der Waals surface area contributed by atoms with Gasteiger partial charge in [0.15, 0.2) is 0 Å². The highest BCUT2D eigenvalue weighted by Crippen LogP contribution is 2.22. The van der Waals surface area contributed by atoms with Crippen LogP contribution in [0.5, 0.6) is 0 Å². The van der Waals surface area contributed by atoms with Crippen molar-refractivity contribution in [1.82, 2.24) is 0 Å². The molecule has 4 nitrogen and oxygen atoms in total. The van der Waals surface area contributed by atoms with Crippen LogP contribution in [-0.2, 0) is 22.4 Å². The fraction of sp³-hybridized carbons (Fsp3) is 0.333. The van der Waals surface area contributed by atoms with Gasteiger partial charge in [-0.15, -0.1) is 11.3 Å². The Bertz CT molecular complexity index is 690. The zero-order valence-corrected chi connectivity index (χ0v) is 14.3. The Labute approximate surface area is 140 Å². The maximum Gasteiger partial charge on any atom is 0.224 e. The molecule has 0 fully saturated rings. The minimum Gasteiger partial charge on any atom is -0.369 e. The van der Waals surface area contributed by atoms with Gasteiger partial charge >= 0.3 is 0 Å². The molecule has 1 heterocycles. The number of hydrogen-bond donors (Lipinski definition) is 2. The Kier molecular flexibility index (Phi) is 5.93. The van der Waals surface area contributed by atoms with Gasteiger partial charge in [0.05, 0.1) is 6.42 Å². The van der Waals surface area contributed by atoms with Crippen LogP contribution in [0, 0.1) is 13.8 Å². The maximum absolute atomic E-state index is 12.0. The molecule has 23 heavy (non-hydrogen) atoms. The van der Waals surface area contributed by atoms with E-state index in [1.165, 1.54) is 15.3 Å². The van der Waals surface area contributed by atoms with Gasteiger partial charge in [-0.2, -0.15) is 0 Å². The molecule has 0 saturated carbocycles. The maximum atomic E-state index is 12.0. The smallest absolute Gasteiger partial charge is 0.224 e. The number of thiophene rings is 1. The van der Waals surface area contributed by atoms with E-state index in [-0.39, 0.29) is 18.2 Å². The number of carbonyl (C=O) groups excluding carboxylic acids is 2. The Balaban J connectivity index is 1.78. The summed E-state index contributed by atoms with van der Waals surface area (Å²) in [7, 11) is 0. The second-order valence-corrected chi connectivity index (χ2v) is 7.14. The molecule has 5 heteroatoms. The number of carbonyl (C=O) groups is 2. The van der Waals surface area contributed by atoms with E-state index < -0.39 is 0 Å². The summed E-state index contributed by atoms with van der Waals surface area (Å²) in [5, 5.41) is 2.88. The first-order valence-corrected chi connectivity index (χ1v) is 8.48. The van der Waals surface area contributed by atoms with Crippen LogP contribution in [0.15, 0.2) is 30.3 Å². The van der Waals surface area contributed by atoms with Crippen molar-refractivity contribution in [2.45, 2.75) is 39.5 Å². The van der Waals surface area contributed by atoms with E-state index in [0.29, 0.717) is 6.42 Å². The van der Waals surface area contributed by atoms with Crippen LogP contribution < -0.4 is 11.1 Å². The summed E-state index contributed by atoms with van der Waals surface area (Å²) >= 11 is 1.80. The van der Waals surface area contributed by atoms with Gasteiger partial charge in [-0.25, -0.2) is 0 Å². The van der Waals surface area contributed by atoms with Crippen LogP contribution >= 0.6 is 11.3 Å². The van der Waals surface area contributed by atoms with Crippen LogP contribution in [0.1, 0.15) is 33.7 Å². The zero-order valence-electron chi connectivity index (χ0n) is 13.5. The van der Waals surface area contributed by atoms with Gasteiger partial charge in [0.2, 0.25) is 11.8 Å². The highest BCUT2D eigenvalue weighted by atomic mass is 32.1. The zero-order chi connectivity index (χ0) is 16.8. The molecule has 0 spiro atoms. The molecule has 1 aromatic carbocycles. The summed E-state index contributed by atoms with van der Waals surface area (Å²) in [6, 6.07) is 9.40. The molecular weight excluding hydrogens is 308 g/mol. The molecule has 2 amide bonds. The molecule has 2 rings (SSSR count). The van der Waals surface area contributed by atoms with E-state index in [1.807, 2.05) is 0 Å². The van der Waals surface area contributed by atoms with Gasteiger partial charge in [-0.3, -0.25) is 9.59 Å². The van der Waals surface area contributed by atoms with Crippen molar-refractivity contribution in [3.63, 3.8) is 0 Å². The lowest BCUT2D eigenvalue weighted by Crippen LogP contribution is -2.14. The predicted octanol–water partition coefficient (Wildman–Crippen LogP) is 3.35. The monoisotopic (exact) mass is 330 g/mol. The van der Waals surface area contributed by atoms with Gasteiger partial charge in [-0.05, 0) is 56.0 Å². The van der Waals surface area contributed by atoms with Gasteiger partial charge in [0.1, 0.15) is 0 Å². The summed E-state index contributed by atoms with van der Waals surface area (Å²) in [5.41, 5.74) is 8.08. The highest BCUT2D eigenvalue weighted by molar-refractivity contribution is 7.12. The van der Waals surface area contributed by atoms with Crippen LogP contribution in [0.3, 0.4) is 0 Å². The second kappa shape index (κ2) is 7.92. The van der Waals surface area contributed by atoms with Gasteiger partial charge in [0, 0.05) is 21.9 Å². The second-order valence-electron chi connectivity index (χ2n) is 5.68. The Morgan fingerprint density at radius 3 is 2.43 bits per heavy atom. The average molecular weight is 330 g/mol. The lowest BCUT2D eigenvalue weighted by atomic mass is 10.1. The SMILES string of the molecule is Cc1cc(CCCC(=O)Nc2ccc(CC(N)=O)cc2)c(C)s1. The lowest BCUT2D eigenvalue weighted by molar-refractivity contribution is -0.117. The van der Waals surface area contributed by atoms with E-state index >= 15 is 0 Å². The summed E-state index contributed by atoms with van der Waals surface area (Å²) < 4.78 is 0. The van der Waals surface area contributed by atoms with Crippen molar-refractivity contribution in [2.24, 2.45) is 5.73 Å². The largest absolute Gasteiger partial charge is 0.369 e. The number of nitrogens with two attached hydrogens (primary N) is 1. The van der Waals surface area contributed by atoms with Gasteiger partial charge < -0.3 is 11.1 Å². The van der Waals surface area contributed by atoms with Crippen molar-refractivity contribution in [2.75, 3.05) is 5.32 Å². The molecule has 0 aliphatic heterocycles. The van der Waals surface area contributed by atoms with Crippen molar-refractivity contribution in [3.8, 4) is 0 Å². The quantitative estimate of drug-likeness (QED) is 0.817. The first kappa shape index (κ1) is 17.2. The van der Waals surface area contributed by atoms with Crippen LogP contribution in [0.2, 0.25) is 0 Å². The third-order valence-electron chi connectivity index (χ3n) is 3.61. The first-order chi connectivity index (χ1) is 10.9. The molecular formula is C18H22N2O2S. The van der Waals surface area contributed by atoms with Crippen molar-refractivity contribution in [1.29, 1.82) is 0 Å². The summed E-state index contributed by atoms with van der Waals surface area (Å²) in [6.45, 7) is 4.23. The first-order valence-electron chi connectivity index (χ1n) is 7.67. The van der Waals surface area contributed by atoms with E-state index in [4.69, 9.17) is 5.73 Å². The fourth-order valence-corrected chi connectivity index (χ4v) is 3.48. The van der Waals surface area contributed by atoms with Crippen molar-refractivity contribution >= 4 is 28.8 Å². The summed E-state index contributed by atoms with van der Waals surface area (Å²) in [5.74, 6) is -0.349. The van der Waals surface area contributed by atoms with Crippen molar-refractivity contribution in [3.05, 3.63) is 51.2 Å². The minimum atomic E-state index is -0.360. The third kappa shape index (κ3) is 5.53. The van der Waals surface area contributed by atoms with E-state index in [2.05, 4.69) is 25.2 Å². The molecule has 0 saturated heterocycles. The fourth-order valence-electron chi connectivity index (χ4n) is 2.50. The average Bonchev–Trinajstić information content (AvgIpc) is 2.79. The molecule has 122 valence electrons. The van der Waals surface area contributed by atoms with Gasteiger partial charge in [-0.1, -0.05) is 12.1 Å². The highest BCUT2D eigenvalue weighted by Gasteiger charge is 2.06. The summed E-state index contributed by atoms with van der Waals surface area (Å²) in [4.78, 5) is 25.5. The number of nitrogens with one attached hydrogen (secondary N) is 1. The number of primary amides is 1.